The lowest BCUT2D eigenvalue weighted by Crippen LogP contribution is -1.97. The summed E-state index contributed by atoms with van der Waals surface area (Å²) >= 11 is 0. The predicted molar refractivity (Wildman–Crippen MR) is 39.1 cm³/mol. The largest absolute Gasteiger partial charge is 0.300 e. The van der Waals surface area contributed by atoms with E-state index in [9.17, 15) is 4.79 Å². The van der Waals surface area contributed by atoms with Gasteiger partial charge in [0.1, 0.15) is 5.78 Å². The number of ketones is 1. The van der Waals surface area contributed by atoms with Crippen LogP contribution in [0, 0.1) is 12.8 Å². The summed E-state index contributed by atoms with van der Waals surface area (Å²) < 4.78 is 0. The molecule has 0 N–H and O–H groups in total. The molecule has 1 atom stereocenters. The quantitative estimate of drug-likeness (QED) is 0.566. The molecule has 0 aliphatic rings. The summed E-state index contributed by atoms with van der Waals surface area (Å²) in [6.45, 7) is 7.60. The highest BCUT2D eigenvalue weighted by Crippen LogP contribution is 2.08. The van der Waals surface area contributed by atoms with E-state index in [-0.39, 0.29) is 5.78 Å². The van der Waals surface area contributed by atoms with Crippen molar-refractivity contribution in [1.82, 2.24) is 0 Å². The second kappa shape index (κ2) is 4.54. The van der Waals surface area contributed by atoms with Crippen molar-refractivity contribution in [2.45, 2.75) is 33.1 Å². The first kappa shape index (κ1) is 8.67. The van der Waals surface area contributed by atoms with Gasteiger partial charge in [-0.05, 0) is 19.3 Å². The summed E-state index contributed by atoms with van der Waals surface area (Å²) in [6, 6.07) is 0. The average Bonchev–Trinajstić information content (AvgIpc) is 1.83. The lowest BCUT2D eigenvalue weighted by Gasteiger charge is -2.03. The third kappa shape index (κ3) is 5.54. The summed E-state index contributed by atoms with van der Waals surface area (Å²) in [5.41, 5.74) is 0. The third-order valence-corrected chi connectivity index (χ3v) is 1.48. The molecular formula is C8H15O. The highest BCUT2D eigenvalue weighted by atomic mass is 16.1. The van der Waals surface area contributed by atoms with E-state index in [4.69, 9.17) is 0 Å². The van der Waals surface area contributed by atoms with Gasteiger partial charge in [-0.1, -0.05) is 20.3 Å². The molecule has 0 saturated heterocycles. The van der Waals surface area contributed by atoms with Crippen molar-refractivity contribution < 1.29 is 4.79 Å². The molecule has 9 heavy (non-hydrogen) atoms. The second-order valence-electron chi connectivity index (χ2n) is 2.51. The van der Waals surface area contributed by atoms with Crippen LogP contribution in [0.2, 0.25) is 0 Å². The number of hydrogen-bond donors (Lipinski definition) is 0. The van der Waals surface area contributed by atoms with E-state index in [2.05, 4.69) is 13.8 Å². The van der Waals surface area contributed by atoms with Crippen molar-refractivity contribution >= 4 is 5.78 Å². The van der Waals surface area contributed by atoms with Crippen LogP contribution in [0.1, 0.15) is 33.1 Å². The molecule has 0 saturated carbocycles. The molecule has 0 bridgehead atoms. The van der Waals surface area contributed by atoms with Gasteiger partial charge in [-0.25, -0.2) is 0 Å². The van der Waals surface area contributed by atoms with E-state index in [1.54, 1.807) is 6.92 Å². The van der Waals surface area contributed by atoms with Crippen molar-refractivity contribution in [2.24, 2.45) is 5.92 Å². The van der Waals surface area contributed by atoms with Crippen molar-refractivity contribution in [1.29, 1.82) is 0 Å². The summed E-state index contributed by atoms with van der Waals surface area (Å²) in [5, 5.41) is 0. The van der Waals surface area contributed by atoms with Crippen LogP contribution in [0.25, 0.3) is 0 Å². The number of carbonyl (C=O) groups excluding carboxylic acids is 1. The van der Waals surface area contributed by atoms with Crippen molar-refractivity contribution in [3.05, 3.63) is 6.92 Å². The Morgan fingerprint density at radius 1 is 1.67 bits per heavy atom. The minimum atomic E-state index is 0.275. The van der Waals surface area contributed by atoms with Gasteiger partial charge in [-0.3, -0.25) is 0 Å². The van der Waals surface area contributed by atoms with E-state index in [1.807, 2.05) is 0 Å². The molecule has 0 spiro atoms. The van der Waals surface area contributed by atoms with Crippen LogP contribution in [0.5, 0.6) is 0 Å². The Balaban J connectivity index is 3.16. The Bertz CT molecular complexity index is 86.6. The number of Topliss-reactive ketones (excluding diaryl/α,β-unsaturated/α-hetero) is 1. The Kier molecular flexibility index (Phi) is 4.37. The van der Waals surface area contributed by atoms with Crippen LogP contribution in [0.3, 0.4) is 0 Å². The maximum Gasteiger partial charge on any atom is 0.129 e. The molecule has 53 valence electrons. The van der Waals surface area contributed by atoms with Crippen LogP contribution < -0.4 is 0 Å². The van der Waals surface area contributed by atoms with Crippen LogP contribution in [0.15, 0.2) is 0 Å². The number of hydrogen-bond acceptors (Lipinski definition) is 1. The first-order valence-corrected chi connectivity index (χ1v) is 3.49. The maximum absolute atomic E-state index is 10.4. The predicted octanol–water partition coefficient (Wildman–Crippen LogP) is 2.22. The van der Waals surface area contributed by atoms with E-state index >= 15 is 0 Å². The first-order valence-electron chi connectivity index (χ1n) is 3.49. The molecule has 1 unspecified atom stereocenters. The molecule has 0 aliphatic carbocycles. The lowest BCUT2D eigenvalue weighted by atomic mass is 10.0. The van der Waals surface area contributed by atoms with E-state index in [0.717, 1.165) is 12.8 Å². The average molecular weight is 127 g/mol. The highest BCUT2D eigenvalue weighted by molar-refractivity contribution is 5.75. The van der Waals surface area contributed by atoms with Crippen LogP contribution in [0.4, 0.5) is 0 Å². The number of rotatable bonds is 4. The molecule has 1 nitrogen and oxygen atoms in total. The summed E-state index contributed by atoms with van der Waals surface area (Å²) in [6.07, 6.45) is 2.72. The summed E-state index contributed by atoms with van der Waals surface area (Å²) in [4.78, 5) is 10.4. The molecule has 0 rings (SSSR count). The molecule has 1 heteroatoms. The molecule has 1 radical (unpaired) electrons. The van der Waals surface area contributed by atoms with Crippen LogP contribution in [-0.2, 0) is 4.79 Å². The molecule has 0 amide bonds. The van der Waals surface area contributed by atoms with Gasteiger partial charge in [0.2, 0.25) is 0 Å². The van der Waals surface area contributed by atoms with Gasteiger partial charge in [0, 0.05) is 6.42 Å². The fraction of sp³-hybridized carbons (Fsp3) is 0.750. The van der Waals surface area contributed by atoms with Gasteiger partial charge in [-0.2, -0.15) is 0 Å². The molecule has 0 aromatic rings. The zero-order valence-electron chi connectivity index (χ0n) is 6.31. The second-order valence-corrected chi connectivity index (χ2v) is 2.51. The fourth-order valence-corrected chi connectivity index (χ4v) is 0.612. The van der Waals surface area contributed by atoms with E-state index < -0.39 is 0 Å². The Morgan fingerprint density at radius 3 is 2.56 bits per heavy atom. The van der Waals surface area contributed by atoms with Gasteiger partial charge >= 0.3 is 0 Å². The first-order chi connectivity index (χ1) is 4.16. The Hall–Kier alpha value is -0.330. The van der Waals surface area contributed by atoms with Gasteiger partial charge in [0.15, 0.2) is 0 Å². The summed E-state index contributed by atoms with van der Waals surface area (Å²) in [7, 11) is 0. The maximum atomic E-state index is 10.4. The van der Waals surface area contributed by atoms with Crippen LogP contribution in [-0.4, -0.2) is 5.78 Å². The summed E-state index contributed by atoms with van der Waals surface area (Å²) in [5.74, 6) is 0.742. The van der Waals surface area contributed by atoms with Gasteiger partial charge in [0.25, 0.3) is 0 Å². The molecule has 0 aromatic heterocycles. The molecular weight excluding hydrogens is 112 g/mol. The lowest BCUT2D eigenvalue weighted by molar-refractivity contribution is -0.117. The van der Waals surface area contributed by atoms with Crippen molar-refractivity contribution in [3.63, 3.8) is 0 Å². The minimum absolute atomic E-state index is 0.275. The Labute approximate surface area is 57.5 Å². The van der Waals surface area contributed by atoms with E-state index in [1.165, 1.54) is 0 Å². The molecule has 0 aromatic carbocycles. The number of carbonyl (C=O) groups is 1. The Morgan fingerprint density at radius 2 is 2.22 bits per heavy atom. The highest BCUT2D eigenvalue weighted by Gasteiger charge is 1.99. The topological polar surface area (TPSA) is 17.1 Å². The smallest absolute Gasteiger partial charge is 0.129 e. The standard InChI is InChI=1S/C8H15O/c1-4-7(2)5-6-8(3)9/h7H,2,4-6H2,1,3H3. The van der Waals surface area contributed by atoms with E-state index in [0.29, 0.717) is 12.3 Å². The van der Waals surface area contributed by atoms with Gasteiger partial charge in [0.05, 0.1) is 0 Å². The monoisotopic (exact) mass is 127 g/mol. The van der Waals surface area contributed by atoms with Crippen LogP contribution >= 0.6 is 0 Å². The van der Waals surface area contributed by atoms with Crippen molar-refractivity contribution in [3.8, 4) is 0 Å². The minimum Gasteiger partial charge on any atom is -0.300 e. The zero-order chi connectivity index (χ0) is 7.28. The fourth-order valence-electron chi connectivity index (χ4n) is 0.612. The molecule has 0 heterocycles. The van der Waals surface area contributed by atoms with Crippen molar-refractivity contribution in [2.75, 3.05) is 0 Å². The molecule has 0 fully saturated rings. The van der Waals surface area contributed by atoms with Gasteiger partial charge < -0.3 is 4.79 Å². The SMILES string of the molecule is [CH2]C(CC)CCC(C)=O. The van der Waals surface area contributed by atoms with Gasteiger partial charge in [-0.15, -0.1) is 0 Å². The third-order valence-electron chi connectivity index (χ3n) is 1.48. The molecule has 0 aliphatic heterocycles. The zero-order valence-corrected chi connectivity index (χ0v) is 6.31. The normalized spacial score (nSPS) is 13.2.